The van der Waals surface area contributed by atoms with E-state index in [0.29, 0.717) is 11.6 Å². The Morgan fingerprint density at radius 3 is 2.67 bits per heavy atom. The van der Waals surface area contributed by atoms with Crippen molar-refractivity contribution in [3.8, 4) is 0 Å². The van der Waals surface area contributed by atoms with Crippen molar-refractivity contribution in [2.75, 3.05) is 7.05 Å². The maximum absolute atomic E-state index is 11.6. The molecule has 0 aliphatic carbocycles. The third kappa shape index (κ3) is 3.64. The second kappa shape index (κ2) is 6.76. The molecule has 0 aliphatic rings. The van der Waals surface area contributed by atoms with Crippen molar-refractivity contribution < 1.29 is 9.21 Å². The van der Waals surface area contributed by atoms with Gasteiger partial charge in [-0.15, -0.1) is 0 Å². The van der Waals surface area contributed by atoms with E-state index >= 15 is 0 Å². The van der Waals surface area contributed by atoms with Gasteiger partial charge in [0.25, 0.3) is 0 Å². The topological polar surface area (TPSA) is 71.5 Å². The summed E-state index contributed by atoms with van der Waals surface area (Å²) in [4.78, 5) is 13.7. The zero-order valence-corrected chi connectivity index (χ0v) is 12.7. The van der Waals surface area contributed by atoms with Gasteiger partial charge in [0.1, 0.15) is 0 Å². The van der Waals surface area contributed by atoms with E-state index in [0.717, 1.165) is 11.1 Å². The molecular weight excluding hydrogens is 290 g/mol. The molecule has 1 atom stereocenters. The summed E-state index contributed by atoms with van der Waals surface area (Å²) >= 11 is 5.90. The van der Waals surface area contributed by atoms with Crippen LogP contribution in [0.2, 0.25) is 5.02 Å². The molecule has 0 aliphatic heterocycles. The molecule has 1 heterocycles. The van der Waals surface area contributed by atoms with Crippen LogP contribution in [0, 0.1) is 0 Å². The van der Waals surface area contributed by atoms with Crippen LogP contribution >= 0.6 is 11.6 Å². The van der Waals surface area contributed by atoms with E-state index in [2.05, 4.69) is 17.2 Å². The minimum absolute atomic E-state index is 0.172. The molecule has 21 heavy (non-hydrogen) atoms. The van der Waals surface area contributed by atoms with Gasteiger partial charge in [-0.2, -0.15) is 0 Å². The van der Waals surface area contributed by atoms with Crippen molar-refractivity contribution in [1.29, 1.82) is 0 Å². The van der Waals surface area contributed by atoms with Gasteiger partial charge in [0.2, 0.25) is 0 Å². The number of hydrogen-bond acceptors (Lipinski definition) is 4. The Morgan fingerprint density at radius 1 is 1.38 bits per heavy atom. The van der Waals surface area contributed by atoms with Gasteiger partial charge in [-0.25, -0.2) is 5.84 Å². The van der Waals surface area contributed by atoms with Gasteiger partial charge in [0.05, 0.1) is 6.26 Å². The van der Waals surface area contributed by atoms with Gasteiger partial charge in [0, 0.05) is 23.2 Å². The SMILES string of the molecule is CC(c1ccc(Cl)cc1)N(C)Cc1ccoc1C(=O)NN. The number of rotatable bonds is 5. The van der Waals surface area contributed by atoms with E-state index in [-0.39, 0.29) is 11.8 Å². The summed E-state index contributed by atoms with van der Waals surface area (Å²) in [5.74, 6) is 4.96. The quantitative estimate of drug-likeness (QED) is 0.506. The number of nitrogen functional groups attached to an aromatic ring is 1. The summed E-state index contributed by atoms with van der Waals surface area (Å²) in [6.07, 6.45) is 1.49. The minimum atomic E-state index is -0.428. The summed E-state index contributed by atoms with van der Waals surface area (Å²) in [6.45, 7) is 2.66. The maximum Gasteiger partial charge on any atom is 0.301 e. The Bertz CT molecular complexity index is 610. The molecule has 6 heteroatoms. The van der Waals surface area contributed by atoms with E-state index in [9.17, 15) is 4.79 Å². The standard InChI is InChI=1S/C15H18ClN3O2/c1-10(11-3-5-13(16)6-4-11)19(2)9-12-7-8-21-14(12)15(20)18-17/h3-8,10H,9,17H2,1-2H3,(H,18,20). The molecule has 112 valence electrons. The van der Waals surface area contributed by atoms with E-state index in [1.165, 1.54) is 6.26 Å². The van der Waals surface area contributed by atoms with Crippen LogP contribution in [-0.2, 0) is 6.54 Å². The lowest BCUT2D eigenvalue weighted by molar-refractivity contribution is 0.0922. The van der Waals surface area contributed by atoms with E-state index in [1.54, 1.807) is 6.07 Å². The van der Waals surface area contributed by atoms with Crippen LogP contribution in [-0.4, -0.2) is 17.9 Å². The average molecular weight is 308 g/mol. The molecule has 0 bridgehead atoms. The number of nitrogens with two attached hydrogens (primary N) is 1. The number of halogens is 1. The highest BCUT2D eigenvalue weighted by atomic mass is 35.5. The molecule has 1 unspecified atom stereocenters. The Labute approximate surface area is 128 Å². The van der Waals surface area contributed by atoms with Crippen molar-refractivity contribution in [3.05, 3.63) is 58.5 Å². The molecule has 5 nitrogen and oxygen atoms in total. The summed E-state index contributed by atoms with van der Waals surface area (Å²) < 4.78 is 5.18. The number of amides is 1. The molecular formula is C15H18ClN3O2. The number of benzene rings is 1. The normalized spacial score (nSPS) is 12.4. The number of hydrazine groups is 1. The molecule has 0 radical (unpaired) electrons. The first-order valence-electron chi connectivity index (χ1n) is 6.56. The van der Waals surface area contributed by atoms with Gasteiger partial charge in [-0.05, 0) is 37.7 Å². The lowest BCUT2D eigenvalue weighted by atomic mass is 10.1. The van der Waals surface area contributed by atoms with E-state index in [4.69, 9.17) is 21.9 Å². The summed E-state index contributed by atoms with van der Waals surface area (Å²) in [5.41, 5.74) is 4.02. The highest BCUT2D eigenvalue weighted by Crippen LogP contribution is 2.23. The van der Waals surface area contributed by atoms with Crippen LogP contribution in [0.25, 0.3) is 0 Å². The van der Waals surface area contributed by atoms with Crippen LogP contribution in [0.15, 0.2) is 41.0 Å². The highest BCUT2D eigenvalue weighted by molar-refractivity contribution is 6.30. The Kier molecular flexibility index (Phi) is 5.01. The number of nitrogens with zero attached hydrogens (tertiary/aromatic N) is 1. The van der Waals surface area contributed by atoms with Crippen molar-refractivity contribution in [2.45, 2.75) is 19.5 Å². The monoisotopic (exact) mass is 307 g/mol. The smallest absolute Gasteiger partial charge is 0.301 e. The highest BCUT2D eigenvalue weighted by Gasteiger charge is 2.18. The van der Waals surface area contributed by atoms with Crippen molar-refractivity contribution in [2.24, 2.45) is 5.84 Å². The molecule has 3 N–H and O–H groups in total. The van der Waals surface area contributed by atoms with Crippen LogP contribution in [0.5, 0.6) is 0 Å². The zero-order valence-electron chi connectivity index (χ0n) is 12.0. The summed E-state index contributed by atoms with van der Waals surface area (Å²) in [5, 5.41) is 0.713. The van der Waals surface area contributed by atoms with Crippen molar-refractivity contribution >= 4 is 17.5 Å². The van der Waals surface area contributed by atoms with Crippen LogP contribution in [0.3, 0.4) is 0 Å². The van der Waals surface area contributed by atoms with Crippen molar-refractivity contribution in [3.63, 3.8) is 0 Å². The van der Waals surface area contributed by atoms with Crippen molar-refractivity contribution in [1.82, 2.24) is 10.3 Å². The number of carbonyl (C=O) groups excluding carboxylic acids is 1. The minimum Gasteiger partial charge on any atom is -0.459 e. The van der Waals surface area contributed by atoms with Gasteiger partial charge in [-0.3, -0.25) is 15.1 Å². The molecule has 1 aromatic carbocycles. The lowest BCUT2D eigenvalue weighted by Gasteiger charge is -2.25. The molecule has 0 fully saturated rings. The number of furan rings is 1. The molecule has 0 saturated carbocycles. The summed E-state index contributed by atoms with van der Waals surface area (Å²) in [6, 6.07) is 9.67. The fourth-order valence-corrected chi connectivity index (χ4v) is 2.25. The largest absolute Gasteiger partial charge is 0.459 e. The molecule has 1 aromatic heterocycles. The molecule has 1 amide bonds. The Balaban J connectivity index is 2.10. The third-order valence-corrected chi connectivity index (χ3v) is 3.77. The fraction of sp³-hybridized carbons (Fsp3) is 0.267. The van der Waals surface area contributed by atoms with Crippen LogP contribution in [0.1, 0.15) is 34.6 Å². The van der Waals surface area contributed by atoms with Gasteiger partial charge < -0.3 is 4.42 Å². The van der Waals surface area contributed by atoms with E-state index < -0.39 is 5.91 Å². The molecule has 2 rings (SSSR count). The Morgan fingerprint density at radius 2 is 2.05 bits per heavy atom. The van der Waals surface area contributed by atoms with Crippen LogP contribution in [0.4, 0.5) is 0 Å². The first kappa shape index (κ1) is 15.6. The maximum atomic E-state index is 11.6. The van der Waals surface area contributed by atoms with Gasteiger partial charge >= 0.3 is 5.91 Å². The first-order chi connectivity index (χ1) is 10.0. The number of hydrogen-bond donors (Lipinski definition) is 2. The van der Waals surface area contributed by atoms with Gasteiger partial charge in [0.15, 0.2) is 5.76 Å². The second-order valence-corrected chi connectivity index (χ2v) is 5.33. The molecule has 2 aromatic rings. The zero-order chi connectivity index (χ0) is 15.4. The lowest BCUT2D eigenvalue weighted by Crippen LogP contribution is -2.31. The van der Waals surface area contributed by atoms with Gasteiger partial charge in [-0.1, -0.05) is 23.7 Å². The first-order valence-corrected chi connectivity index (χ1v) is 6.93. The molecule has 0 saturated heterocycles. The number of nitrogens with one attached hydrogen (secondary N) is 1. The van der Waals surface area contributed by atoms with Crippen LogP contribution < -0.4 is 11.3 Å². The summed E-state index contributed by atoms with van der Waals surface area (Å²) in [7, 11) is 1.98. The predicted molar refractivity (Wildman–Crippen MR) is 81.7 cm³/mol. The van der Waals surface area contributed by atoms with E-state index in [1.807, 2.05) is 31.3 Å². The molecule has 0 spiro atoms. The average Bonchev–Trinajstić information content (AvgIpc) is 2.94. The fourth-order valence-electron chi connectivity index (χ4n) is 2.13. The predicted octanol–water partition coefficient (Wildman–Crippen LogP) is 2.73. The number of carbonyl (C=O) groups is 1. The third-order valence-electron chi connectivity index (χ3n) is 3.52. The second-order valence-electron chi connectivity index (χ2n) is 4.89. The Hall–Kier alpha value is -1.82.